The van der Waals surface area contributed by atoms with Crippen molar-refractivity contribution in [2.75, 3.05) is 18.4 Å². The first-order chi connectivity index (χ1) is 9.21. The van der Waals surface area contributed by atoms with E-state index in [2.05, 4.69) is 22.9 Å². The van der Waals surface area contributed by atoms with Gasteiger partial charge in [-0.25, -0.2) is 4.79 Å². The molecule has 1 aromatic carbocycles. The lowest BCUT2D eigenvalue weighted by Gasteiger charge is -2.18. The number of carbonyl (C=O) groups is 1. The third kappa shape index (κ3) is 2.57. The van der Waals surface area contributed by atoms with Crippen molar-refractivity contribution in [3.63, 3.8) is 0 Å². The predicted octanol–water partition coefficient (Wildman–Crippen LogP) is 3.53. The molecule has 1 N–H and O–H groups in total. The van der Waals surface area contributed by atoms with Crippen molar-refractivity contribution >= 4 is 22.6 Å². The summed E-state index contributed by atoms with van der Waals surface area (Å²) in [5, 5.41) is 4.10. The zero-order chi connectivity index (χ0) is 13.8. The normalized spacial score (nSPS) is 10.7. The Labute approximate surface area is 114 Å². The number of hydrogen-bond acceptors (Lipinski definition) is 1. The number of carbonyl (C=O) groups excluding carboxylic acids is 1. The van der Waals surface area contributed by atoms with E-state index in [0.717, 1.165) is 36.2 Å². The average Bonchev–Trinajstić information content (AvgIpc) is 2.78. The van der Waals surface area contributed by atoms with E-state index in [-0.39, 0.29) is 6.03 Å². The Balaban J connectivity index is 2.33. The molecule has 0 aliphatic rings. The van der Waals surface area contributed by atoms with Gasteiger partial charge in [0.2, 0.25) is 0 Å². The number of aryl methyl sites for hydroxylation is 1. The van der Waals surface area contributed by atoms with Gasteiger partial charge in [0.05, 0.1) is 11.2 Å². The van der Waals surface area contributed by atoms with Gasteiger partial charge in [-0.3, -0.25) is 0 Å². The summed E-state index contributed by atoms with van der Waals surface area (Å²) in [4.78, 5) is 13.9. The topological polar surface area (TPSA) is 37.3 Å². The van der Waals surface area contributed by atoms with Crippen molar-refractivity contribution in [2.45, 2.75) is 27.3 Å². The van der Waals surface area contributed by atoms with Gasteiger partial charge in [0.1, 0.15) is 0 Å². The van der Waals surface area contributed by atoms with Crippen LogP contribution in [0, 0.1) is 0 Å². The molecule has 0 bridgehead atoms. The van der Waals surface area contributed by atoms with Crippen LogP contribution in [0.15, 0.2) is 30.5 Å². The molecular weight excluding hydrogens is 238 g/mol. The van der Waals surface area contributed by atoms with E-state index >= 15 is 0 Å². The summed E-state index contributed by atoms with van der Waals surface area (Å²) in [7, 11) is 0. The van der Waals surface area contributed by atoms with E-state index < -0.39 is 0 Å². The minimum Gasteiger partial charge on any atom is -0.346 e. The van der Waals surface area contributed by atoms with Crippen LogP contribution in [0.3, 0.4) is 0 Å². The zero-order valence-corrected chi connectivity index (χ0v) is 11.8. The maximum Gasteiger partial charge on any atom is 0.321 e. The van der Waals surface area contributed by atoms with Crippen LogP contribution in [0.5, 0.6) is 0 Å². The van der Waals surface area contributed by atoms with Crippen LogP contribution >= 0.6 is 0 Å². The maximum absolute atomic E-state index is 12.1. The fraction of sp³-hybridized carbons (Fsp3) is 0.400. The highest BCUT2D eigenvalue weighted by Gasteiger charge is 2.13. The van der Waals surface area contributed by atoms with Crippen molar-refractivity contribution in [1.82, 2.24) is 9.47 Å². The summed E-state index contributed by atoms with van der Waals surface area (Å²) < 4.78 is 2.15. The highest BCUT2D eigenvalue weighted by Crippen LogP contribution is 2.26. The van der Waals surface area contributed by atoms with Gasteiger partial charge in [-0.1, -0.05) is 18.2 Å². The molecule has 2 amide bonds. The predicted molar refractivity (Wildman–Crippen MR) is 79.6 cm³/mol. The number of urea groups is 1. The number of rotatable bonds is 4. The molecule has 0 unspecified atom stereocenters. The second-order valence-corrected chi connectivity index (χ2v) is 4.45. The van der Waals surface area contributed by atoms with Crippen LogP contribution in [0.4, 0.5) is 10.5 Å². The molecule has 19 heavy (non-hydrogen) atoms. The minimum atomic E-state index is -0.0380. The number of amides is 2. The van der Waals surface area contributed by atoms with Crippen molar-refractivity contribution in [1.29, 1.82) is 0 Å². The van der Waals surface area contributed by atoms with E-state index in [0.29, 0.717) is 0 Å². The number of anilines is 1. The number of hydrogen-bond donors (Lipinski definition) is 1. The van der Waals surface area contributed by atoms with E-state index in [4.69, 9.17) is 0 Å². The smallest absolute Gasteiger partial charge is 0.321 e. The number of para-hydroxylation sites is 1. The molecule has 0 aliphatic carbocycles. The van der Waals surface area contributed by atoms with E-state index in [1.165, 1.54) is 0 Å². The molecule has 4 nitrogen and oxygen atoms in total. The standard InChI is InChI=1S/C15H21N3O/c1-4-17(5-2)15(19)16-13-11-18(6-3)14-10-8-7-9-12(13)14/h7-11H,4-6H2,1-3H3,(H,16,19). The Morgan fingerprint density at radius 3 is 2.53 bits per heavy atom. The van der Waals surface area contributed by atoms with Crippen molar-refractivity contribution in [2.24, 2.45) is 0 Å². The highest BCUT2D eigenvalue weighted by atomic mass is 16.2. The quantitative estimate of drug-likeness (QED) is 0.896. The molecule has 0 fully saturated rings. The number of nitrogens with zero attached hydrogens (tertiary/aromatic N) is 2. The van der Waals surface area contributed by atoms with Crippen molar-refractivity contribution < 1.29 is 4.79 Å². The van der Waals surface area contributed by atoms with Gasteiger partial charge < -0.3 is 14.8 Å². The van der Waals surface area contributed by atoms with Gasteiger partial charge in [-0.2, -0.15) is 0 Å². The Morgan fingerprint density at radius 1 is 1.21 bits per heavy atom. The van der Waals surface area contributed by atoms with Crippen molar-refractivity contribution in [3.05, 3.63) is 30.5 Å². The molecule has 0 saturated heterocycles. The Bertz CT molecular complexity index is 570. The average molecular weight is 259 g/mol. The van der Waals surface area contributed by atoms with E-state index in [1.54, 1.807) is 4.90 Å². The van der Waals surface area contributed by atoms with Crippen LogP contribution in [0.2, 0.25) is 0 Å². The summed E-state index contributed by atoms with van der Waals surface area (Å²) in [5.41, 5.74) is 2.04. The number of nitrogens with one attached hydrogen (secondary N) is 1. The third-order valence-corrected chi connectivity index (χ3v) is 3.42. The second kappa shape index (κ2) is 5.78. The monoisotopic (exact) mass is 259 g/mol. The van der Waals surface area contributed by atoms with Gasteiger partial charge in [-0.15, -0.1) is 0 Å². The molecule has 0 atom stereocenters. The Kier molecular flexibility index (Phi) is 4.10. The molecule has 1 aromatic heterocycles. The summed E-state index contributed by atoms with van der Waals surface area (Å²) in [6.45, 7) is 8.39. The first kappa shape index (κ1) is 13.5. The van der Waals surface area contributed by atoms with Crippen LogP contribution in [-0.2, 0) is 6.54 Å². The van der Waals surface area contributed by atoms with Crippen LogP contribution < -0.4 is 5.32 Å². The van der Waals surface area contributed by atoms with Gasteiger partial charge in [0.25, 0.3) is 0 Å². The summed E-state index contributed by atoms with van der Waals surface area (Å²) in [6.07, 6.45) is 2.01. The largest absolute Gasteiger partial charge is 0.346 e. The number of aromatic nitrogens is 1. The van der Waals surface area contributed by atoms with Crippen LogP contribution in [0.25, 0.3) is 10.9 Å². The molecule has 2 aromatic rings. The zero-order valence-electron chi connectivity index (χ0n) is 11.8. The molecule has 1 heterocycles. The lowest BCUT2D eigenvalue weighted by molar-refractivity contribution is 0.217. The molecule has 102 valence electrons. The second-order valence-electron chi connectivity index (χ2n) is 4.45. The lowest BCUT2D eigenvalue weighted by atomic mass is 10.2. The number of benzene rings is 1. The lowest BCUT2D eigenvalue weighted by Crippen LogP contribution is -2.34. The first-order valence-corrected chi connectivity index (χ1v) is 6.85. The van der Waals surface area contributed by atoms with Gasteiger partial charge >= 0.3 is 6.03 Å². The minimum absolute atomic E-state index is 0.0380. The SMILES string of the molecule is CCN(CC)C(=O)Nc1cn(CC)c2ccccc12. The van der Waals surface area contributed by atoms with E-state index in [9.17, 15) is 4.79 Å². The highest BCUT2D eigenvalue weighted by molar-refractivity contribution is 6.01. The van der Waals surface area contributed by atoms with E-state index in [1.807, 2.05) is 38.2 Å². The first-order valence-electron chi connectivity index (χ1n) is 6.85. The third-order valence-electron chi connectivity index (χ3n) is 3.42. The Morgan fingerprint density at radius 2 is 1.89 bits per heavy atom. The van der Waals surface area contributed by atoms with Gasteiger partial charge in [-0.05, 0) is 26.8 Å². The fourth-order valence-electron chi connectivity index (χ4n) is 2.31. The molecule has 2 rings (SSSR count). The van der Waals surface area contributed by atoms with Crippen molar-refractivity contribution in [3.8, 4) is 0 Å². The molecule has 0 spiro atoms. The summed E-state index contributed by atoms with van der Waals surface area (Å²) in [5.74, 6) is 0. The summed E-state index contributed by atoms with van der Waals surface area (Å²) >= 11 is 0. The van der Waals surface area contributed by atoms with Crippen LogP contribution in [-0.4, -0.2) is 28.6 Å². The molecule has 4 heteroatoms. The summed E-state index contributed by atoms with van der Waals surface area (Å²) in [6, 6.07) is 8.09. The molecule has 0 aliphatic heterocycles. The van der Waals surface area contributed by atoms with Gasteiger partial charge in [0, 0.05) is 31.2 Å². The maximum atomic E-state index is 12.1. The molecular formula is C15H21N3O. The van der Waals surface area contributed by atoms with Gasteiger partial charge in [0.15, 0.2) is 0 Å². The van der Waals surface area contributed by atoms with Crippen LogP contribution in [0.1, 0.15) is 20.8 Å². The Hall–Kier alpha value is -1.97. The molecule has 0 radical (unpaired) electrons. The number of fused-ring (bicyclic) bond motifs is 1. The fourth-order valence-corrected chi connectivity index (χ4v) is 2.31. The molecule has 0 saturated carbocycles.